The molecule has 0 saturated carbocycles. The average Bonchev–Trinajstić information content (AvgIpc) is 2.36. The van der Waals surface area contributed by atoms with E-state index in [1.54, 1.807) is 12.1 Å². The van der Waals surface area contributed by atoms with Crippen LogP contribution in [0.4, 0.5) is 15.8 Å². The van der Waals surface area contributed by atoms with Gasteiger partial charge in [0.1, 0.15) is 5.82 Å². The maximum absolute atomic E-state index is 13.2. The molecule has 98 valence electrons. The second-order valence-corrected chi connectivity index (χ2v) is 4.98. The molecule has 0 amide bonds. The summed E-state index contributed by atoms with van der Waals surface area (Å²) < 4.78 is 13.2. The van der Waals surface area contributed by atoms with E-state index in [1.165, 1.54) is 23.9 Å². The van der Waals surface area contributed by atoms with Crippen molar-refractivity contribution in [2.45, 2.75) is 10.6 Å². The molecule has 0 saturated heterocycles. The molecule has 4 nitrogen and oxygen atoms in total. The highest BCUT2D eigenvalue weighted by Crippen LogP contribution is 2.26. The summed E-state index contributed by atoms with van der Waals surface area (Å²) in [5, 5.41) is 10.6. The SMILES string of the molecule is Nc1cccc(SCc2cc(F)cc([N+](=O)[O-])c2)c1. The number of nitrogen functional groups attached to an aromatic ring is 1. The summed E-state index contributed by atoms with van der Waals surface area (Å²) in [5.41, 5.74) is 6.64. The van der Waals surface area contributed by atoms with Crippen LogP contribution in [0.5, 0.6) is 0 Å². The lowest BCUT2D eigenvalue weighted by atomic mass is 10.2. The molecule has 0 aromatic heterocycles. The van der Waals surface area contributed by atoms with E-state index in [0.29, 0.717) is 17.0 Å². The van der Waals surface area contributed by atoms with Gasteiger partial charge in [0.05, 0.1) is 11.0 Å². The molecule has 2 N–H and O–H groups in total. The van der Waals surface area contributed by atoms with E-state index in [0.717, 1.165) is 11.0 Å². The molecule has 0 radical (unpaired) electrons. The molecule has 0 fully saturated rings. The zero-order chi connectivity index (χ0) is 13.8. The summed E-state index contributed by atoms with van der Waals surface area (Å²) in [7, 11) is 0. The second kappa shape index (κ2) is 5.71. The topological polar surface area (TPSA) is 69.2 Å². The van der Waals surface area contributed by atoms with Crippen molar-refractivity contribution in [3.63, 3.8) is 0 Å². The van der Waals surface area contributed by atoms with Gasteiger partial charge < -0.3 is 5.73 Å². The number of nitrogens with zero attached hydrogens (tertiary/aromatic N) is 1. The van der Waals surface area contributed by atoms with Crippen LogP contribution in [0.2, 0.25) is 0 Å². The number of rotatable bonds is 4. The Labute approximate surface area is 113 Å². The highest BCUT2D eigenvalue weighted by molar-refractivity contribution is 7.98. The number of thioether (sulfide) groups is 1. The molecule has 0 aliphatic rings. The monoisotopic (exact) mass is 278 g/mol. The van der Waals surface area contributed by atoms with Crippen LogP contribution in [-0.2, 0) is 5.75 Å². The molecule has 2 aromatic carbocycles. The number of hydrogen-bond donors (Lipinski definition) is 1. The van der Waals surface area contributed by atoms with Crippen molar-refractivity contribution >= 4 is 23.1 Å². The molecule has 0 spiro atoms. The van der Waals surface area contributed by atoms with E-state index in [4.69, 9.17) is 5.73 Å². The van der Waals surface area contributed by atoms with E-state index in [1.807, 2.05) is 12.1 Å². The molecule has 0 unspecified atom stereocenters. The third-order valence-electron chi connectivity index (χ3n) is 2.42. The number of nitrogens with two attached hydrogens (primary N) is 1. The van der Waals surface area contributed by atoms with E-state index >= 15 is 0 Å². The van der Waals surface area contributed by atoms with Gasteiger partial charge in [0.15, 0.2) is 0 Å². The summed E-state index contributed by atoms with van der Waals surface area (Å²) in [5.74, 6) is -0.153. The van der Waals surface area contributed by atoms with Gasteiger partial charge in [-0.05, 0) is 29.8 Å². The first-order chi connectivity index (χ1) is 9.04. The summed E-state index contributed by atoms with van der Waals surface area (Å²) in [6, 6.07) is 10.9. The van der Waals surface area contributed by atoms with Crippen LogP contribution >= 0.6 is 11.8 Å². The van der Waals surface area contributed by atoms with Crippen LogP contribution in [0.1, 0.15) is 5.56 Å². The number of anilines is 1. The minimum absolute atomic E-state index is 0.233. The molecule has 2 aromatic rings. The van der Waals surface area contributed by atoms with E-state index in [2.05, 4.69) is 0 Å². The number of halogens is 1. The molecule has 0 bridgehead atoms. The van der Waals surface area contributed by atoms with Gasteiger partial charge in [0.25, 0.3) is 5.69 Å². The molecule has 0 atom stereocenters. The van der Waals surface area contributed by atoms with E-state index in [-0.39, 0.29) is 5.69 Å². The molecule has 0 aliphatic heterocycles. The van der Waals surface area contributed by atoms with Crippen molar-refractivity contribution in [2.75, 3.05) is 5.73 Å². The second-order valence-electron chi connectivity index (χ2n) is 3.94. The highest BCUT2D eigenvalue weighted by Gasteiger charge is 2.10. The smallest absolute Gasteiger partial charge is 0.272 e. The Balaban J connectivity index is 2.13. The number of benzene rings is 2. The van der Waals surface area contributed by atoms with Gasteiger partial charge in [-0.3, -0.25) is 10.1 Å². The largest absolute Gasteiger partial charge is 0.399 e. The highest BCUT2D eigenvalue weighted by atomic mass is 32.2. The fraction of sp³-hybridized carbons (Fsp3) is 0.0769. The molecule has 6 heteroatoms. The van der Waals surface area contributed by atoms with Crippen molar-refractivity contribution in [1.82, 2.24) is 0 Å². The van der Waals surface area contributed by atoms with Gasteiger partial charge in [-0.2, -0.15) is 0 Å². The van der Waals surface area contributed by atoms with Gasteiger partial charge in [-0.25, -0.2) is 4.39 Å². The van der Waals surface area contributed by atoms with Crippen molar-refractivity contribution in [1.29, 1.82) is 0 Å². The standard InChI is InChI=1S/C13H11FN2O2S/c14-10-4-9(5-12(6-10)16(17)18)8-19-13-3-1-2-11(15)7-13/h1-7H,8,15H2. The fourth-order valence-electron chi connectivity index (χ4n) is 1.59. The van der Waals surface area contributed by atoms with Gasteiger partial charge in [0, 0.05) is 22.4 Å². The maximum Gasteiger partial charge on any atom is 0.272 e. The maximum atomic E-state index is 13.2. The first-order valence-corrected chi connectivity index (χ1v) is 6.45. The number of nitro groups is 1. The lowest BCUT2D eigenvalue weighted by Crippen LogP contribution is -1.92. The zero-order valence-corrected chi connectivity index (χ0v) is 10.7. The van der Waals surface area contributed by atoms with Crippen LogP contribution in [0.25, 0.3) is 0 Å². The Kier molecular flexibility index (Phi) is 4.01. The van der Waals surface area contributed by atoms with Crippen molar-refractivity contribution in [3.8, 4) is 0 Å². The summed E-state index contributed by atoms with van der Waals surface area (Å²) in [6.45, 7) is 0. The predicted octanol–water partition coefficient (Wildman–Crippen LogP) is 3.61. The van der Waals surface area contributed by atoms with Crippen molar-refractivity contribution in [3.05, 3.63) is 64.0 Å². The van der Waals surface area contributed by atoms with E-state index < -0.39 is 10.7 Å². The lowest BCUT2D eigenvalue weighted by Gasteiger charge is -2.03. The molecule has 2 rings (SSSR count). The number of nitro benzene ring substituents is 1. The lowest BCUT2D eigenvalue weighted by molar-refractivity contribution is -0.385. The average molecular weight is 278 g/mol. The van der Waals surface area contributed by atoms with Crippen molar-refractivity contribution < 1.29 is 9.31 Å². The van der Waals surface area contributed by atoms with Crippen LogP contribution in [0, 0.1) is 15.9 Å². The number of hydrogen-bond acceptors (Lipinski definition) is 4. The zero-order valence-electron chi connectivity index (χ0n) is 9.88. The van der Waals surface area contributed by atoms with Crippen LogP contribution in [-0.4, -0.2) is 4.92 Å². The Morgan fingerprint density at radius 1 is 1.26 bits per heavy atom. The van der Waals surface area contributed by atoms with Gasteiger partial charge in [0.2, 0.25) is 0 Å². The Morgan fingerprint density at radius 2 is 2.05 bits per heavy atom. The van der Waals surface area contributed by atoms with Gasteiger partial charge in [-0.1, -0.05) is 6.07 Å². The Hall–Kier alpha value is -2.08. The fourth-order valence-corrected chi connectivity index (χ4v) is 2.49. The molecule has 19 heavy (non-hydrogen) atoms. The number of non-ortho nitro benzene ring substituents is 1. The first kappa shape index (κ1) is 13.4. The molecule has 0 heterocycles. The predicted molar refractivity (Wildman–Crippen MR) is 73.5 cm³/mol. The van der Waals surface area contributed by atoms with Crippen molar-refractivity contribution in [2.24, 2.45) is 0 Å². The van der Waals surface area contributed by atoms with Gasteiger partial charge in [-0.15, -0.1) is 11.8 Å². The minimum atomic E-state index is -0.600. The summed E-state index contributed by atoms with van der Waals surface area (Å²) in [4.78, 5) is 11.0. The summed E-state index contributed by atoms with van der Waals surface area (Å²) >= 11 is 1.45. The summed E-state index contributed by atoms with van der Waals surface area (Å²) in [6.07, 6.45) is 0. The minimum Gasteiger partial charge on any atom is -0.399 e. The quantitative estimate of drug-likeness (QED) is 0.401. The van der Waals surface area contributed by atoms with Crippen LogP contribution in [0.3, 0.4) is 0 Å². The molecular formula is C13H11FN2O2S. The Bertz CT molecular complexity index is 619. The normalized spacial score (nSPS) is 10.4. The third kappa shape index (κ3) is 3.69. The molecular weight excluding hydrogens is 267 g/mol. The van der Waals surface area contributed by atoms with Crippen LogP contribution < -0.4 is 5.73 Å². The molecule has 0 aliphatic carbocycles. The Morgan fingerprint density at radius 3 is 2.74 bits per heavy atom. The van der Waals surface area contributed by atoms with E-state index in [9.17, 15) is 14.5 Å². The third-order valence-corrected chi connectivity index (χ3v) is 3.48. The van der Waals surface area contributed by atoms with Crippen LogP contribution in [0.15, 0.2) is 47.4 Å². The van der Waals surface area contributed by atoms with Gasteiger partial charge >= 0.3 is 0 Å². The first-order valence-electron chi connectivity index (χ1n) is 5.47.